The van der Waals surface area contributed by atoms with Crippen molar-refractivity contribution < 1.29 is 9.63 Å². The van der Waals surface area contributed by atoms with Gasteiger partial charge < -0.3 is 4.84 Å². The zero-order valence-electron chi connectivity index (χ0n) is 12.1. The van der Waals surface area contributed by atoms with Crippen LogP contribution < -0.4 is 0 Å². The second-order valence-electron chi connectivity index (χ2n) is 4.72. The van der Waals surface area contributed by atoms with Gasteiger partial charge in [-0.1, -0.05) is 59.3 Å². The Kier molecular flexibility index (Phi) is 5.04. The summed E-state index contributed by atoms with van der Waals surface area (Å²) < 4.78 is 0. The van der Waals surface area contributed by atoms with E-state index in [0.29, 0.717) is 11.3 Å². The number of hydrogen-bond donors (Lipinski definition) is 0. The molecule has 0 aliphatic carbocycles. The molecule has 21 heavy (non-hydrogen) atoms. The van der Waals surface area contributed by atoms with Crippen molar-refractivity contribution in [2.24, 2.45) is 5.16 Å². The standard InChI is InChI=1S/C18H17NO2/c1-14-8-12-17(13-9-14)18(20)21-19-15(2)10-11-16-6-4-3-5-7-16/h3-13H,1-2H3/b11-10-,19-15?. The second kappa shape index (κ2) is 7.20. The zero-order chi connectivity index (χ0) is 15.1. The van der Waals surface area contributed by atoms with E-state index in [4.69, 9.17) is 4.84 Å². The largest absolute Gasteiger partial charge is 0.365 e. The van der Waals surface area contributed by atoms with E-state index in [-0.39, 0.29) is 0 Å². The Balaban J connectivity index is 1.95. The van der Waals surface area contributed by atoms with E-state index < -0.39 is 5.97 Å². The van der Waals surface area contributed by atoms with E-state index in [1.165, 1.54) is 0 Å². The number of benzene rings is 2. The number of rotatable bonds is 4. The minimum absolute atomic E-state index is 0.456. The highest BCUT2D eigenvalue weighted by Gasteiger charge is 2.05. The summed E-state index contributed by atoms with van der Waals surface area (Å²) in [7, 11) is 0. The van der Waals surface area contributed by atoms with Crippen LogP contribution in [0.25, 0.3) is 6.08 Å². The minimum Gasteiger partial charge on any atom is -0.313 e. The molecule has 0 aromatic heterocycles. The third kappa shape index (κ3) is 4.73. The first-order valence-corrected chi connectivity index (χ1v) is 6.71. The molecule has 3 nitrogen and oxygen atoms in total. The molecule has 0 heterocycles. The Morgan fingerprint density at radius 2 is 1.71 bits per heavy atom. The summed E-state index contributed by atoms with van der Waals surface area (Å²) in [6, 6.07) is 17.0. The van der Waals surface area contributed by atoms with Crippen LogP contribution in [0.4, 0.5) is 0 Å². The molecule has 2 aromatic carbocycles. The van der Waals surface area contributed by atoms with Gasteiger partial charge in [-0.25, -0.2) is 4.79 Å². The fraction of sp³-hybridized carbons (Fsp3) is 0.111. The molecule has 106 valence electrons. The highest BCUT2D eigenvalue weighted by molar-refractivity contribution is 5.97. The van der Waals surface area contributed by atoms with Crippen molar-refractivity contribution in [1.82, 2.24) is 0 Å². The lowest BCUT2D eigenvalue weighted by Gasteiger charge is -1.99. The number of hydrogen-bond acceptors (Lipinski definition) is 3. The number of carbonyl (C=O) groups is 1. The van der Waals surface area contributed by atoms with E-state index in [1.54, 1.807) is 25.1 Å². The fourth-order valence-electron chi connectivity index (χ4n) is 1.67. The average molecular weight is 279 g/mol. The van der Waals surface area contributed by atoms with Crippen molar-refractivity contribution in [2.45, 2.75) is 13.8 Å². The maximum atomic E-state index is 11.8. The molecule has 0 radical (unpaired) electrons. The quantitative estimate of drug-likeness (QED) is 0.477. The van der Waals surface area contributed by atoms with E-state index in [1.807, 2.05) is 55.5 Å². The van der Waals surface area contributed by atoms with Gasteiger partial charge in [0, 0.05) is 0 Å². The van der Waals surface area contributed by atoms with E-state index in [2.05, 4.69) is 5.16 Å². The Morgan fingerprint density at radius 1 is 1.05 bits per heavy atom. The van der Waals surface area contributed by atoms with E-state index in [9.17, 15) is 4.79 Å². The highest BCUT2D eigenvalue weighted by Crippen LogP contribution is 2.06. The first-order valence-electron chi connectivity index (χ1n) is 6.71. The first-order chi connectivity index (χ1) is 10.1. The Morgan fingerprint density at radius 3 is 2.38 bits per heavy atom. The van der Waals surface area contributed by atoms with Gasteiger partial charge in [-0.2, -0.15) is 0 Å². The van der Waals surface area contributed by atoms with Crippen LogP contribution in [0.1, 0.15) is 28.4 Å². The predicted octanol–water partition coefficient (Wildman–Crippen LogP) is 4.24. The molecule has 0 saturated heterocycles. The summed E-state index contributed by atoms with van der Waals surface area (Å²) in [4.78, 5) is 16.7. The van der Waals surface area contributed by atoms with Gasteiger partial charge in [-0.3, -0.25) is 0 Å². The van der Waals surface area contributed by atoms with Gasteiger partial charge in [-0.05, 0) is 37.6 Å². The van der Waals surface area contributed by atoms with E-state index >= 15 is 0 Å². The van der Waals surface area contributed by atoms with Crippen LogP contribution in [0.3, 0.4) is 0 Å². The number of oxime groups is 1. The molecule has 0 bridgehead atoms. The summed E-state index contributed by atoms with van der Waals surface area (Å²) in [5.74, 6) is -0.456. The van der Waals surface area contributed by atoms with Crippen LogP contribution in [-0.2, 0) is 4.84 Å². The monoisotopic (exact) mass is 279 g/mol. The number of allylic oxidation sites excluding steroid dienone is 1. The lowest BCUT2D eigenvalue weighted by molar-refractivity contribution is 0.0516. The molecule has 0 unspecified atom stereocenters. The Hall–Kier alpha value is -2.68. The van der Waals surface area contributed by atoms with Crippen molar-refractivity contribution in [3.8, 4) is 0 Å². The van der Waals surface area contributed by atoms with Crippen molar-refractivity contribution >= 4 is 17.8 Å². The van der Waals surface area contributed by atoms with Crippen molar-refractivity contribution in [3.63, 3.8) is 0 Å². The molecular formula is C18H17NO2. The van der Waals surface area contributed by atoms with E-state index in [0.717, 1.165) is 11.1 Å². The topological polar surface area (TPSA) is 38.7 Å². The van der Waals surface area contributed by atoms with Crippen LogP contribution in [-0.4, -0.2) is 11.7 Å². The highest BCUT2D eigenvalue weighted by atomic mass is 16.7. The lowest BCUT2D eigenvalue weighted by Crippen LogP contribution is -2.02. The van der Waals surface area contributed by atoms with Gasteiger partial charge in [0.05, 0.1) is 11.3 Å². The molecule has 0 atom stereocenters. The third-order valence-electron chi connectivity index (χ3n) is 2.88. The molecular weight excluding hydrogens is 262 g/mol. The molecule has 0 saturated carbocycles. The number of carbonyl (C=O) groups excluding carboxylic acids is 1. The molecule has 2 aromatic rings. The van der Waals surface area contributed by atoms with Crippen molar-refractivity contribution in [3.05, 3.63) is 77.4 Å². The van der Waals surface area contributed by atoms with Gasteiger partial charge in [-0.15, -0.1) is 0 Å². The average Bonchev–Trinajstić information content (AvgIpc) is 2.52. The molecule has 0 amide bonds. The smallest absolute Gasteiger partial charge is 0.313 e. The van der Waals surface area contributed by atoms with Gasteiger partial charge in [0.25, 0.3) is 0 Å². The first kappa shape index (κ1) is 14.7. The summed E-state index contributed by atoms with van der Waals surface area (Å²) in [6.45, 7) is 3.74. The number of nitrogens with zero attached hydrogens (tertiary/aromatic N) is 1. The van der Waals surface area contributed by atoms with Gasteiger partial charge >= 0.3 is 5.97 Å². The molecule has 2 rings (SSSR count). The lowest BCUT2D eigenvalue weighted by atomic mass is 10.2. The summed E-state index contributed by atoms with van der Waals surface area (Å²) in [6.07, 6.45) is 3.72. The second-order valence-corrected chi connectivity index (χ2v) is 4.72. The third-order valence-corrected chi connectivity index (χ3v) is 2.88. The van der Waals surface area contributed by atoms with Crippen molar-refractivity contribution in [2.75, 3.05) is 0 Å². The molecule has 0 aliphatic rings. The molecule has 0 fully saturated rings. The van der Waals surface area contributed by atoms with Crippen LogP contribution in [0, 0.1) is 6.92 Å². The normalized spacial score (nSPS) is 11.6. The van der Waals surface area contributed by atoms with Gasteiger partial charge in [0.15, 0.2) is 0 Å². The fourth-order valence-corrected chi connectivity index (χ4v) is 1.67. The van der Waals surface area contributed by atoms with Crippen LogP contribution in [0.15, 0.2) is 65.8 Å². The van der Waals surface area contributed by atoms with Gasteiger partial charge in [0.2, 0.25) is 0 Å². The Labute approximate surface area is 124 Å². The Bertz CT molecular complexity index is 655. The minimum atomic E-state index is -0.456. The summed E-state index contributed by atoms with van der Waals surface area (Å²) >= 11 is 0. The molecule has 0 N–H and O–H groups in total. The van der Waals surface area contributed by atoms with Crippen molar-refractivity contribution in [1.29, 1.82) is 0 Å². The maximum absolute atomic E-state index is 11.8. The van der Waals surface area contributed by atoms with Crippen LogP contribution in [0.5, 0.6) is 0 Å². The molecule has 0 spiro atoms. The number of aryl methyl sites for hydroxylation is 1. The maximum Gasteiger partial charge on any atom is 0.365 e. The molecule has 0 aliphatic heterocycles. The van der Waals surface area contributed by atoms with Gasteiger partial charge in [0.1, 0.15) is 0 Å². The molecule has 3 heteroatoms. The summed E-state index contributed by atoms with van der Waals surface area (Å²) in [5.41, 5.74) is 3.28. The zero-order valence-corrected chi connectivity index (χ0v) is 12.1. The van der Waals surface area contributed by atoms with Crippen LogP contribution >= 0.6 is 0 Å². The predicted molar refractivity (Wildman–Crippen MR) is 85.2 cm³/mol. The summed E-state index contributed by atoms with van der Waals surface area (Å²) in [5, 5.41) is 3.82. The van der Waals surface area contributed by atoms with Crippen LogP contribution in [0.2, 0.25) is 0 Å². The SMILES string of the molecule is CC(/C=C\c1ccccc1)=NOC(=O)c1ccc(C)cc1.